The van der Waals surface area contributed by atoms with Crippen molar-refractivity contribution >= 4 is 18.3 Å². The maximum atomic E-state index is 12.0. The van der Waals surface area contributed by atoms with Crippen molar-refractivity contribution in [2.75, 3.05) is 27.8 Å². The maximum absolute atomic E-state index is 12.0. The second-order valence-electron chi connectivity index (χ2n) is 5.45. The summed E-state index contributed by atoms with van der Waals surface area (Å²) in [7, 11) is 4.98. The zero-order chi connectivity index (χ0) is 17.4. The van der Waals surface area contributed by atoms with Gasteiger partial charge in [0.2, 0.25) is 5.91 Å². The van der Waals surface area contributed by atoms with Gasteiger partial charge in [0.15, 0.2) is 11.5 Å². The fourth-order valence-electron chi connectivity index (χ4n) is 2.59. The summed E-state index contributed by atoms with van der Waals surface area (Å²) in [5, 5.41) is 5.95. The Labute approximate surface area is 155 Å². The molecule has 0 saturated carbocycles. The number of benzene rings is 2. The van der Waals surface area contributed by atoms with E-state index in [0.29, 0.717) is 17.9 Å². The lowest BCUT2D eigenvalue weighted by molar-refractivity contribution is -0.120. The predicted molar refractivity (Wildman–Crippen MR) is 102 cm³/mol. The molecule has 0 radical (unpaired) electrons. The number of nitrogens with one attached hydrogen (secondary N) is 2. The molecule has 6 heteroatoms. The first kappa shape index (κ1) is 20.8. The van der Waals surface area contributed by atoms with Gasteiger partial charge in [-0.05, 0) is 36.7 Å². The Kier molecular flexibility index (Phi) is 8.81. The van der Waals surface area contributed by atoms with E-state index in [2.05, 4.69) is 10.6 Å². The number of hydrogen-bond acceptors (Lipinski definition) is 4. The zero-order valence-electron chi connectivity index (χ0n) is 14.7. The number of likely N-dealkylation sites (N-methyl/N-ethyl adjacent to an activating group) is 1. The molecular weight excluding hydrogens is 340 g/mol. The van der Waals surface area contributed by atoms with Crippen LogP contribution in [0.5, 0.6) is 11.5 Å². The quantitative estimate of drug-likeness (QED) is 0.756. The molecule has 1 amide bonds. The van der Waals surface area contributed by atoms with E-state index in [0.717, 1.165) is 11.1 Å². The number of rotatable bonds is 8. The molecule has 2 N–H and O–H groups in total. The molecule has 0 aliphatic carbocycles. The van der Waals surface area contributed by atoms with Crippen molar-refractivity contribution < 1.29 is 14.3 Å². The van der Waals surface area contributed by atoms with Crippen LogP contribution < -0.4 is 20.1 Å². The molecule has 5 nitrogen and oxygen atoms in total. The van der Waals surface area contributed by atoms with Crippen molar-refractivity contribution in [1.29, 1.82) is 0 Å². The number of carbonyl (C=O) groups is 1. The minimum absolute atomic E-state index is 0. The molecular formula is C19H25ClN2O3. The van der Waals surface area contributed by atoms with Crippen LogP contribution in [0.15, 0.2) is 48.5 Å². The molecule has 1 atom stereocenters. The second kappa shape index (κ2) is 10.6. The first-order chi connectivity index (χ1) is 11.7. The lowest BCUT2D eigenvalue weighted by Gasteiger charge is -2.20. The average molecular weight is 365 g/mol. The highest BCUT2D eigenvalue weighted by atomic mass is 35.5. The normalized spacial score (nSPS) is 11.2. The van der Waals surface area contributed by atoms with Crippen molar-refractivity contribution in [1.82, 2.24) is 10.6 Å². The van der Waals surface area contributed by atoms with Crippen molar-refractivity contribution in [3.63, 3.8) is 0 Å². The third-order valence-corrected chi connectivity index (χ3v) is 3.76. The van der Waals surface area contributed by atoms with Crippen molar-refractivity contribution in [2.45, 2.75) is 12.5 Å². The largest absolute Gasteiger partial charge is 0.493 e. The van der Waals surface area contributed by atoms with Crippen molar-refractivity contribution in [3.8, 4) is 11.5 Å². The lowest BCUT2D eigenvalue weighted by Crippen LogP contribution is -2.36. The van der Waals surface area contributed by atoms with Gasteiger partial charge in [0, 0.05) is 0 Å². The standard InChI is InChI=1S/C19H24N2O3.ClH/c1-20-13-19(22)21-16(15-7-5-4-6-8-15)11-14-9-10-17(23-2)18(12-14)24-3;/h4-10,12,16,20H,11,13H2,1-3H3,(H,21,22);1H. The summed E-state index contributed by atoms with van der Waals surface area (Å²) in [6, 6.07) is 15.7. The maximum Gasteiger partial charge on any atom is 0.234 e. The topological polar surface area (TPSA) is 59.6 Å². The molecule has 2 aromatic rings. The minimum Gasteiger partial charge on any atom is -0.493 e. The molecule has 0 aromatic heterocycles. The van der Waals surface area contributed by atoms with Gasteiger partial charge >= 0.3 is 0 Å². The fourth-order valence-corrected chi connectivity index (χ4v) is 2.59. The highest BCUT2D eigenvalue weighted by molar-refractivity contribution is 5.85. The van der Waals surface area contributed by atoms with Crippen LogP contribution in [0.2, 0.25) is 0 Å². The van der Waals surface area contributed by atoms with Crippen LogP contribution in [0.1, 0.15) is 17.2 Å². The first-order valence-electron chi connectivity index (χ1n) is 7.87. The minimum atomic E-state index is -0.106. The van der Waals surface area contributed by atoms with E-state index >= 15 is 0 Å². The third kappa shape index (κ3) is 5.96. The van der Waals surface area contributed by atoms with Crippen LogP contribution in [-0.4, -0.2) is 33.7 Å². The summed E-state index contributed by atoms with van der Waals surface area (Å²) in [5.74, 6) is 1.34. The third-order valence-electron chi connectivity index (χ3n) is 3.76. The first-order valence-corrected chi connectivity index (χ1v) is 7.87. The molecule has 2 rings (SSSR count). The van der Waals surface area contributed by atoms with E-state index in [1.54, 1.807) is 21.3 Å². The molecule has 0 heterocycles. The Hall–Kier alpha value is -2.24. The Balaban J connectivity index is 0.00000312. The Bertz CT molecular complexity index is 665. The van der Waals surface area contributed by atoms with Gasteiger partial charge in [0.25, 0.3) is 0 Å². The number of halogens is 1. The predicted octanol–water partition coefficient (Wildman–Crippen LogP) is 2.75. The fraction of sp³-hybridized carbons (Fsp3) is 0.316. The van der Waals surface area contributed by atoms with E-state index in [1.807, 2.05) is 48.5 Å². The van der Waals surface area contributed by atoms with E-state index in [1.165, 1.54) is 0 Å². The molecule has 0 aliphatic heterocycles. The number of methoxy groups -OCH3 is 2. The molecule has 0 bridgehead atoms. The monoisotopic (exact) mass is 364 g/mol. The van der Waals surface area contributed by atoms with Crippen LogP contribution in [-0.2, 0) is 11.2 Å². The van der Waals surface area contributed by atoms with E-state index < -0.39 is 0 Å². The highest BCUT2D eigenvalue weighted by Gasteiger charge is 2.16. The van der Waals surface area contributed by atoms with Gasteiger partial charge in [0.1, 0.15) is 0 Å². The van der Waals surface area contributed by atoms with Gasteiger partial charge in [-0.25, -0.2) is 0 Å². The molecule has 136 valence electrons. The van der Waals surface area contributed by atoms with Gasteiger partial charge in [-0.15, -0.1) is 12.4 Å². The summed E-state index contributed by atoms with van der Waals surface area (Å²) >= 11 is 0. The van der Waals surface area contributed by atoms with Crippen molar-refractivity contribution in [2.24, 2.45) is 0 Å². The Morgan fingerprint density at radius 1 is 1.04 bits per heavy atom. The van der Waals surface area contributed by atoms with Crippen LogP contribution >= 0.6 is 12.4 Å². The SMILES string of the molecule is CNCC(=O)NC(Cc1ccc(OC)c(OC)c1)c1ccccc1.Cl. The molecule has 0 saturated heterocycles. The molecule has 0 aliphatic rings. The summed E-state index contributed by atoms with van der Waals surface area (Å²) in [6.07, 6.45) is 0.666. The van der Waals surface area contributed by atoms with Crippen molar-refractivity contribution in [3.05, 3.63) is 59.7 Å². The van der Waals surface area contributed by atoms with Gasteiger partial charge in [0.05, 0.1) is 26.8 Å². The van der Waals surface area contributed by atoms with Gasteiger partial charge < -0.3 is 20.1 Å². The van der Waals surface area contributed by atoms with Gasteiger partial charge in [-0.3, -0.25) is 4.79 Å². The van der Waals surface area contributed by atoms with E-state index in [4.69, 9.17) is 9.47 Å². The Morgan fingerprint density at radius 2 is 1.72 bits per heavy atom. The summed E-state index contributed by atoms with van der Waals surface area (Å²) in [4.78, 5) is 12.0. The summed E-state index contributed by atoms with van der Waals surface area (Å²) in [6.45, 7) is 0.287. The number of carbonyl (C=O) groups excluding carboxylic acids is 1. The molecule has 2 aromatic carbocycles. The summed E-state index contributed by atoms with van der Waals surface area (Å²) in [5.41, 5.74) is 2.13. The zero-order valence-corrected chi connectivity index (χ0v) is 15.6. The second-order valence-corrected chi connectivity index (χ2v) is 5.45. The molecule has 0 fully saturated rings. The molecule has 0 spiro atoms. The molecule has 1 unspecified atom stereocenters. The lowest BCUT2D eigenvalue weighted by atomic mass is 9.98. The highest BCUT2D eigenvalue weighted by Crippen LogP contribution is 2.29. The smallest absolute Gasteiger partial charge is 0.234 e. The van der Waals surface area contributed by atoms with Crippen LogP contribution in [0.25, 0.3) is 0 Å². The number of hydrogen-bond donors (Lipinski definition) is 2. The molecule has 25 heavy (non-hydrogen) atoms. The van der Waals surface area contributed by atoms with Crippen LogP contribution in [0.4, 0.5) is 0 Å². The number of amides is 1. The Morgan fingerprint density at radius 3 is 2.32 bits per heavy atom. The van der Waals surface area contributed by atoms with Gasteiger partial charge in [-0.1, -0.05) is 36.4 Å². The van der Waals surface area contributed by atoms with Crippen LogP contribution in [0, 0.1) is 0 Å². The van der Waals surface area contributed by atoms with E-state index in [-0.39, 0.29) is 30.9 Å². The summed E-state index contributed by atoms with van der Waals surface area (Å²) < 4.78 is 10.6. The van der Waals surface area contributed by atoms with Gasteiger partial charge in [-0.2, -0.15) is 0 Å². The van der Waals surface area contributed by atoms with E-state index in [9.17, 15) is 4.79 Å². The van der Waals surface area contributed by atoms with Crippen LogP contribution in [0.3, 0.4) is 0 Å². The number of ether oxygens (including phenoxy) is 2. The average Bonchev–Trinajstić information content (AvgIpc) is 2.62.